The van der Waals surface area contributed by atoms with Crippen LogP contribution in [0.5, 0.6) is 0 Å². The van der Waals surface area contributed by atoms with E-state index in [0.717, 1.165) is 10.6 Å². The molecule has 2 aromatic rings. The zero-order chi connectivity index (χ0) is 13.8. The molecule has 0 aliphatic heterocycles. The first-order valence-corrected chi connectivity index (χ1v) is 6.58. The van der Waals surface area contributed by atoms with Crippen molar-refractivity contribution in [1.82, 2.24) is 10.3 Å². The largest absolute Gasteiger partial charge is 0.345 e. The lowest BCUT2D eigenvalue weighted by Gasteiger charge is -2.01. The maximum atomic E-state index is 12.0. The van der Waals surface area contributed by atoms with Crippen LogP contribution in [0.4, 0.5) is 8.78 Å². The van der Waals surface area contributed by atoms with Crippen molar-refractivity contribution in [3.05, 3.63) is 40.4 Å². The predicted molar refractivity (Wildman–Crippen MR) is 70.4 cm³/mol. The number of alkyl halides is 2. The zero-order valence-electron chi connectivity index (χ0n) is 9.57. The molecule has 0 bridgehead atoms. The third-order valence-electron chi connectivity index (χ3n) is 2.27. The summed E-state index contributed by atoms with van der Waals surface area (Å²) in [4.78, 5) is 15.0. The Balaban J connectivity index is 2.05. The molecule has 0 spiro atoms. The number of nitrogens with zero attached hydrogens (tertiary/aromatic N) is 1. The molecule has 1 heterocycles. The summed E-state index contributed by atoms with van der Waals surface area (Å²) in [6.45, 7) is -0.0137. The molecule has 3 nitrogen and oxygen atoms in total. The van der Waals surface area contributed by atoms with Crippen LogP contribution in [-0.4, -0.2) is 17.3 Å². The molecule has 1 N–H and O–H groups in total. The van der Waals surface area contributed by atoms with Gasteiger partial charge in [0.25, 0.3) is 5.91 Å². The van der Waals surface area contributed by atoms with Crippen LogP contribution in [0.1, 0.15) is 5.69 Å². The lowest BCUT2D eigenvalue weighted by Crippen LogP contribution is -2.28. The smallest absolute Gasteiger partial charge is 0.315 e. The van der Waals surface area contributed by atoms with Crippen LogP contribution in [0.25, 0.3) is 10.6 Å². The van der Waals surface area contributed by atoms with Gasteiger partial charge in [0.2, 0.25) is 0 Å². The van der Waals surface area contributed by atoms with Gasteiger partial charge >= 0.3 is 6.43 Å². The van der Waals surface area contributed by atoms with E-state index >= 15 is 0 Å². The van der Waals surface area contributed by atoms with Crippen molar-refractivity contribution in [3.63, 3.8) is 0 Å². The SMILES string of the molecule is O=C(NCc1csc(-c2cccc(Cl)c2)n1)C(F)F. The Labute approximate surface area is 117 Å². The second-order valence-electron chi connectivity index (χ2n) is 3.67. The molecule has 0 saturated heterocycles. The molecule has 7 heteroatoms. The Morgan fingerprint density at radius 2 is 2.26 bits per heavy atom. The molecular weight excluding hydrogens is 294 g/mol. The topological polar surface area (TPSA) is 42.0 Å². The molecule has 0 aliphatic rings. The fraction of sp³-hybridized carbons (Fsp3) is 0.167. The number of aromatic nitrogens is 1. The third kappa shape index (κ3) is 3.71. The minimum Gasteiger partial charge on any atom is -0.345 e. The molecule has 1 aromatic heterocycles. The van der Waals surface area contributed by atoms with Gasteiger partial charge in [-0.3, -0.25) is 4.79 Å². The first-order chi connectivity index (χ1) is 9.06. The van der Waals surface area contributed by atoms with E-state index in [-0.39, 0.29) is 6.54 Å². The van der Waals surface area contributed by atoms with Gasteiger partial charge in [0.05, 0.1) is 12.2 Å². The first-order valence-electron chi connectivity index (χ1n) is 5.32. The highest BCUT2D eigenvalue weighted by molar-refractivity contribution is 7.13. The maximum absolute atomic E-state index is 12.0. The molecule has 0 saturated carbocycles. The second kappa shape index (κ2) is 6.08. The van der Waals surface area contributed by atoms with Gasteiger partial charge in [0.1, 0.15) is 5.01 Å². The first kappa shape index (κ1) is 13.9. The average Bonchev–Trinajstić information content (AvgIpc) is 2.84. The summed E-state index contributed by atoms with van der Waals surface area (Å²) < 4.78 is 24.0. The summed E-state index contributed by atoms with van der Waals surface area (Å²) in [5, 5.41) is 5.14. The van der Waals surface area contributed by atoms with Crippen LogP contribution in [0.3, 0.4) is 0 Å². The van der Waals surface area contributed by atoms with E-state index in [2.05, 4.69) is 10.3 Å². The number of hydrogen-bond acceptors (Lipinski definition) is 3. The molecule has 1 amide bonds. The van der Waals surface area contributed by atoms with E-state index in [1.54, 1.807) is 23.6 Å². The van der Waals surface area contributed by atoms with E-state index in [1.807, 2.05) is 6.07 Å². The lowest BCUT2D eigenvalue weighted by molar-refractivity contribution is -0.131. The summed E-state index contributed by atoms with van der Waals surface area (Å²) in [5.74, 6) is -1.29. The molecule has 2 rings (SSSR count). The molecule has 1 aromatic carbocycles. The van der Waals surface area contributed by atoms with Gasteiger partial charge < -0.3 is 5.32 Å². The Morgan fingerprint density at radius 3 is 2.95 bits per heavy atom. The molecule has 0 radical (unpaired) electrons. The normalized spacial score (nSPS) is 10.7. The van der Waals surface area contributed by atoms with Crippen molar-refractivity contribution in [2.45, 2.75) is 13.0 Å². The summed E-state index contributed by atoms with van der Waals surface area (Å²) in [5.41, 5.74) is 1.39. The Bertz CT molecular complexity index is 589. The van der Waals surface area contributed by atoms with Crippen LogP contribution < -0.4 is 5.32 Å². The number of carbonyl (C=O) groups is 1. The number of nitrogens with one attached hydrogen (secondary N) is 1. The van der Waals surface area contributed by atoms with E-state index in [9.17, 15) is 13.6 Å². The van der Waals surface area contributed by atoms with Crippen molar-refractivity contribution in [3.8, 4) is 10.6 Å². The minimum absolute atomic E-state index is 0.0137. The van der Waals surface area contributed by atoms with Crippen LogP contribution in [-0.2, 0) is 11.3 Å². The van der Waals surface area contributed by atoms with Crippen molar-refractivity contribution >= 4 is 28.8 Å². The van der Waals surface area contributed by atoms with Gasteiger partial charge in [-0.05, 0) is 12.1 Å². The van der Waals surface area contributed by atoms with Crippen molar-refractivity contribution in [2.75, 3.05) is 0 Å². The van der Waals surface area contributed by atoms with Gasteiger partial charge in [0.15, 0.2) is 0 Å². The van der Waals surface area contributed by atoms with Crippen molar-refractivity contribution < 1.29 is 13.6 Å². The van der Waals surface area contributed by atoms with Crippen LogP contribution >= 0.6 is 22.9 Å². The van der Waals surface area contributed by atoms with Crippen LogP contribution in [0.2, 0.25) is 5.02 Å². The van der Waals surface area contributed by atoms with E-state index in [0.29, 0.717) is 10.7 Å². The van der Waals surface area contributed by atoms with Gasteiger partial charge in [-0.2, -0.15) is 8.78 Å². The van der Waals surface area contributed by atoms with Crippen molar-refractivity contribution in [2.24, 2.45) is 0 Å². The molecule has 0 aliphatic carbocycles. The van der Waals surface area contributed by atoms with Gasteiger partial charge in [-0.1, -0.05) is 23.7 Å². The highest BCUT2D eigenvalue weighted by atomic mass is 35.5. The Kier molecular flexibility index (Phi) is 4.44. The standard InChI is InChI=1S/C12H9ClF2N2OS/c13-8-3-1-2-7(4-8)12-17-9(6-19-12)5-16-11(18)10(14)15/h1-4,6,10H,5H2,(H,16,18). The van der Waals surface area contributed by atoms with E-state index in [1.165, 1.54) is 11.3 Å². The number of carbonyl (C=O) groups excluding carboxylic acids is 1. The van der Waals surface area contributed by atoms with Crippen molar-refractivity contribution in [1.29, 1.82) is 0 Å². The molecule has 100 valence electrons. The predicted octanol–water partition coefficient (Wildman–Crippen LogP) is 3.34. The maximum Gasteiger partial charge on any atom is 0.315 e. The molecule has 0 fully saturated rings. The van der Waals surface area contributed by atoms with E-state index < -0.39 is 12.3 Å². The number of halogens is 3. The minimum atomic E-state index is -3.01. The highest BCUT2D eigenvalue weighted by Gasteiger charge is 2.14. The number of amides is 1. The number of rotatable bonds is 4. The van der Waals surface area contributed by atoms with E-state index in [4.69, 9.17) is 11.6 Å². The van der Waals surface area contributed by atoms with Gasteiger partial charge in [0, 0.05) is 16.0 Å². The molecule has 19 heavy (non-hydrogen) atoms. The molecular formula is C12H9ClF2N2OS. The Morgan fingerprint density at radius 1 is 1.47 bits per heavy atom. The molecule has 0 atom stereocenters. The summed E-state index contributed by atoms with van der Waals surface area (Å²) in [6, 6.07) is 7.17. The monoisotopic (exact) mass is 302 g/mol. The van der Waals surface area contributed by atoms with Gasteiger partial charge in [-0.25, -0.2) is 4.98 Å². The zero-order valence-corrected chi connectivity index (χ0v) is 11.1. The van der Waals surface area contributed by atoms with Crippen LogP contribution in [0, 0.1) is 0 Å². The average molecular weight is 303 g/mol. The highest BCUT2D eigenvalue weighted by Crippen LogP contribution is 2.25. The van der Waals surface area contributed by atoms with Gasteiger partial charge in [-0.15, -0.1) is 11.3 Å². The van der Waals surface area contributed by atoms with Crippen LogP contribution in [0.15, 0.2) is 29.6 Å². The quantitative estimate of drug-likeness (QED) is 0.941. The summed E-state index contributed by atoms with van der Waals surface area (Å²) in [7, 11) is 0. The second-order valence-corrected chi connectivity index (χ2v) is 4.97. The lowest BCUT2D eigenvalue weighted by atomic mass is 10.2. The Hall–Kier alpha value is -1.53. The number of hydrogen-bond donors (Lipinski definition) is 1. The summed E-state index contributed by atoms with van der Waals surface area (Å²) >= 11 is 7.24. The number of thiazole rings is 1. The fourth-order valence-electron chi connectivity index (χ4n) is 1.40. The third-order valence-corrected chi connectivity index (χ3v) is 3.44. The number of benzene rings is 1. The fourth-order valence-corrected chi connectivity index (χ4v) is 2.40. The summed E-state index contributed by atoms with van der Waals surface area (Å²) in [6.07, 6.45) is -3.01. The molecule has 0 unspecified atom stereocenters.